The monoisotopic (exact) mass is 358 g/mol. The van der Waals surface area contributed by atoms with Crippen LogP contribution in [0, 0.1) is 11.6 Å². The fourth-order valence-electron chi connectivity index (χ4n) is 3.06. The van der Waals surface area contributed by atoms with Crippen LogP contribution in [0.4, 0.5) is 14.5 Å². The Morgan fingerprint density at radius 2 is 1.81 bits per heavy atom. The number of carbonyl (C=O) groups is 2. The van der Waals surface area contributed by atoms with Crippen molar-refractivity contribution in [1.82, 2.24) is 5.32 Å². The van der Waals surface area contributed by atoms with Crippen LogP contribution in [0.25, 0.3) is 0 Å². The molecule has 21 heavy (non-hydrogen) atoms. The van der Waals surface area contributed by atoms with Crippen molar-refractivity contribution in [2.24, 2.45) is 0 Å². The van der Waals surface area contributed by atoms with Gasteiger partial charge in [0.2, 0.25) is 5.91 Å². The van der Waals surface area contributed by atoms with E-state index in [1.165, 1.54) is 6.07 Å². The van der Waals surface area contributed by atoms with Crippen molar-refractivity contribution in [2.75, 3.05) is 11.4 Å². The quantitative estimate of drug-likeness (QED) is 0.784. The van der Waals surface area contributed by atoms with Gasteiger partial charge in [-0.2, -0.15) is 0 Å². The number of amides is 2. The summed E-state index contributed by atoms with van der Waals surface area (Å²) in [4.78, 5) is 25.7. The summed E-state index contributed by atoms with van der Waals surface area (Å²) >= 11 is 2.98. The fraction of sp³-hybridized carbons (Fsp3) is 0.429. The first-order valence-corrected chi connectivity index (χ1v) is 7.50. The maximum atomic E-state index is 14.0. The van der Waals surface area contributed by atoms with E-state index in [-0.39, 0.29) is 28.5 Å². The van der Waals surface area contributed by atoms with Crippen molar-refractivity contribution >= 4 is 33.4 Å². The molecule has 1 spiro atoms. The van der Waals surface area contributed by atoms with Crippen LogP contribution >= 0.6 is 15.9 Å². The first-order valence-electron chi connectivity index (χ1n) is 6.70. The van der Waals surface area contributed by atoms with Crippen molar-refractivity contribution in [3.63, 3.8) is 0 Å². The number of halogens is 3. The highest BCUT2D eigenvalue weighted by Gasteiger charge is 2.49. The number of piperazine rings is 1. The molecule has 1 saturated carbocycles. The molecule has 1 heterocycles. The molecule has 1 N–H and O–H groups in total. The van der Waals surface area contributed by atoms with E-state index in [1.54, 1.807) is 0 Å². The zero-order chi connectivity index (χ0) is 15.2. The van der Waals surface area contributed by atoms with Crippen LogP contribution in [-0.4, -0.2) is 23.9 Å². The van der Waals surface area contributed by atoms with Gasteiger partial charge in [-0.05, 0) is 34.8 Å². The summed E-state index contributed by atoms with van der Waals surface area (Å²) in [6.45, 7) is -0.254. The van der Waals surface area contributed by atoms with E-state index < -0.39 is 17.2 Å². The zero-order valence-corrected chi connectivity index (χ0v) is 12.7. The summed E-state index contributed by atoms with van der Waals surface area (Å²) in [7, 11) is 0. The van der Waals surface area contributed by atoms with Gasteiger partial charge in [-0.25, -0.2) is 8.78 Å². The van der Waals surface area contributed by atoms with Gasteiger partial charge >= 0.3 is 0 Å². The summed E-state index contributed by atoms with van der Waals surface area (Å²) < 4.78 is 27.4. The molecule has 1 aromatic carbocycles. The average molecular weight is 359 g/mol. The maximum Gasteiger partial charge on any atom is 0.253 e. The van der Waals surface area contributed by atoms with E-state index in [2.05, 4.69) is 21.2 Å². The predicted octanol–water partition coefficient (Wildman–Crippen LogP) is 2.50. The summed E-state index contributed by atoms with van der Waals surface area (Å²) in [5.74, 6) is -2.25. The Bertz CT molecular complexity index is 630. The van der Waals surface area contributed by atoms with Gasteiger partial charge in [0.25, 0.3) is 5.91 Å². The van der Waals surface area contributed by atoms with Crippen molar-refractivity contribution in [1.29, 1.82) is 0 Å². The highest BCUT2D eigenvalue weighted by Crippen LogP contribution is 2.36. The molecular formula is C14H13BrF2N2O2. The molecule has 0 bridgehead atoms. The number of rotatable bonds is 1. The highest BCUT2D eigenvalue weighted by molar-refractivity contribution is 9.10. The second-order valence-corrected chi connectivity index (χ2v) is 6.30. The number of nitrogens with zero attached hydrogens (tertiary/aromatic N) is 1. The minimum atomic E-state index is -0.928. The van der Waals surface area contributed by atoms with Crippen LogP contribution < -0.4 is 10.2 Å². The Kier molecular flexibility index (Phi) is 3.47. The summed E-state index contributed by atoms with van der Waals surface area (Å²) in [6.07, 6.45) is 2.79. The minimum absolute atomic E-state index is 0.0538. The van der Waals surface area contributed by atoms with Crippen molar-refractivity contribution in [3.8, 4) is 0 Å². The third-order valence-electron chi connectivity index (χ3n) is 4.07. The summed E-state index contributed by atoms with van der Waals surface area (Å²) in [5.41, 5.74) is -1.00. The summed E-state index contributed by atoms with van der Waals surface area (Å²) in [5, 5.41) is 2.75. The van der Waals surface area contributed by atoms with Crippen LogP contribution in [0.2, 0.25) is 0 Å². The molecule has 1 aliphatic heterocycles. The molecule has 3 rings (SSSR count). The lowest BCUT2D eigenvalue weighted by Gasteiger charge is -2.39. The van der Waals surface area contributed by atoms with Crippen molar-refractivity contribution < 1.29 is 18.4 Å². The van der Waals surface area contributed by atoms with Crippen LogP contribution in [0.3, 0.4) is 0 Å². The SMILES string of the molecule is O=C1CN(c2cc(Br)c(F)cc2F)C(=O)C2(CCCC2)N1. The molecule has 1 saturated heterocycles. The van der Waals surface area contributed by atoms with E-state index in [1.807, 2.05) is 0 Å². The first-order chi connectivity index (χ1) is 9.93. The molecule has 2 fully saturated rings. The zero-order valence-electron chi connectivity index (χ0n) is 11.1. The molecule has 0 unspecified atom stereocenters. The van der Waals surface area contributed by atoms with Gasteiger partial charge in [0.15, 0.2) is 0 Å². The molecule has 0 radical (unpaired) electrons. The lowest BCUT2D eigenvalue weighted by atomic mass is 9.92. The Labute approximate surface area is 128 Å². The van der Waals surface area contributed by atoms with Gasteiger partial charge in [0.05, 0.1) is 10.2 Å². The maximum absolute atomic E-state index is 14.0. The number of hydrogen-bond acceptors (Lipinski definition) is 2. The van der Waals surface area contributed by atoms with Crippen LogP contribution in [-0.2, 0) is 9.59 Å². The second kappa shape index (κ2) is 5.05. The third kappa shape index (κ3) is 2.33. The Morgan fingerprint density at radius 1 is 1.14 bits per heavy atom. The van der Waals surface area contributed by atoms with Gasteiger partial charge in [0, 0.05) is 6.07 Å². The van der Waals surface area contributed by atoms with Crippen LogP contribution in [0.1, 0.15) is 25.7 Å². The van der Waals surface area contributed by atoms with E-state index in [0.717, 1.165) is 17.7 Å². The van der Waals surface area contributed by atoms with Gasteiger partial charge in [-0.1, -0.05) is 12.8 Å². The van der Waals surface area contributed by atoms with Crippen LogP contribution in [0.5, 0.6) is 0 Å². The van der Waals surface area contributed by atoms with E-state index in [0.29, 0.717) is 18.9 Å². The van der Waals surface area contributed by atoms with E-state index >= 15 is 0 Å². The number of anilines is 1. The topological polar surface area (TPSA) is 49.4 Å². The lowest BCUT2D eigenvalue weighted by Crippen LogP contribution is -2.65. The average Bonchev–Trinajstić information content (AvgIpc) is 2.88. The van der Waals surface area contributed by atoms with Crippen LogP contribution in [0.15, 0.2) is 16.6 Å². The Balaban J connectivity index is 2.03. The standard InChI is InChI=1S/C14H13BrF2N2O2/c15-8-5-11(10(17)6-9(8)16)19-7-12(20)18-14(13(19)21)3-1-2-4-14/h5-6H,1-4,7H2,(H,18,20). The van der Waals surface area contributed by atoms with Crippen molar-refractivity contribution in [2.45, 2.75) is 31.2 Å². The smallest absolute Gasteiger partial charge is 0.253 e. The van der Waals surface area contributed by atoms with E-state index in [4.69, 9.17) is 0 Å². The summed E-state index contributed by atoms with van der Waals surface area (Å²) in [6, 6.07) is 1.91. The van der Waals surface area contributed by atoms with Gasteiger partial charge in [-0.3, -0.25) is 14.5 Å². The van der Waals surface area contributed by atoms with Gasteiger partial charge in [-0.15, -0.1) is 0 Å². The molecule has 2 amide bonds. The number of benzene rings is 1. The predicted molar refractivity (Wildman–Crippen MR) is 75.8 cm³/mol. The molecule has 1 aliphatic carbocycles. The van der Waals surface area contributed by atoms with Gasteiger partial charge in [0.1, 0.15) is 23.7 Å². The minimum Gasteiger partial charge on any atom is -0.340 e. The number of carbonyl (C=O) groups excluding carboxylic acids is 2. The number of nitrogens with one attached hydrogen (secondary N) is 1. The third-order valence-corrected chi connectivity index (χ3v) is 4.68. The molecule has 4 nitrogen and oxygen atoms in total. The Hall–Kier alpha value is -1.50. The normalized spacial score (nSPS) is 21.0. The molecule has 112 valence electrons. The molecular weight excluding hydrogens is 346 g/mol. The van der Waals surface area contributed by atoms with Gasteiger partial charge < -0.3 is 5.32 Å². The molecule has 2 aliphatic rings. The van der Waals surface area contributed by atoms with Crippen molar-refractivity contribution in [3.05, 3.63) is 28.2 Å². The second-order valence-electron chi connectivity index (χ2n) is 5.45. The largest absolute Gasteiger partial charge is 0.340 e. The molecule has 7 heteroatoms. The fourth-order valence-corrected chi connectivity index (χ4v) is 3.40. The molecule has 0 atom stereocenters. The van der Waals surface area contributed by atoms with E-state index in [9.17, 15) is 18.4 Å². The lowest BCUT2D eigenvalue weighted by molar-refractivity contribution is -0.135. The first kappa shape index (κ1) is 14.4. The molecule has 0 aromatic heterocycles. The highest BCUT2D eigenvalue weighted by atomic mass is 79.9. The molecule has 1 aromatic rings. The number of hydrogen-bond donors (Lipinski definition) is 1. The Morgan fingerprint density at radius 3 is 2.48 bits per heavy atom.